The van der Waals surface area contributed by atoms with Gasteiger partial charge in [-0.1, -0.05) is 0 Å². The van der Waals surface area contributed by atoms with E-state index in [-0.39, 0.29) is 0 Å². The third-order valence-electron chi connectivity index (χ3n) is 1.57. The van der Waals surface area contributed by atoms with Gasteiger partial charge in [0, 0.05) is 12.3 Å². The first-order valence-corrected chi connectivity index (χ1v) is 4.90. The number of aromatic nitrogens is 1. The Labute approximate surface area is 85.9 Å². The molecule has 3 nitrogen and oxygen atoms in total. The minimum atomic E-state index is -0.563. The molecule has 0 spiro atoms. The molecule has 0 aliphatic carbocycles. The van der Waals surface area contributed by atoms with Crippen LogP contribution in [0, 0.1) is 0 Å². The summed E-state index contributed by atoms with van der Waals surface area (Å²) in [6.45, 7) is 4.18. The van der Waals surface area contributed by atoms with Crippen LogP contribution in [0.3, 0.4) is 0 Å². The van der Waals surface area contributed by atoms with Crippen LogP contribution in [-0.2, 0) is 0 Å². The number of aliphatic hydroxyl groups excluding tert-OH is 1. The van der Waals surface area contributed by atoms with E-state index < -0.39 is 6.10 Å². The van der Waals surface area contributed by atoms with Crippen LogP contribution >= 0.6 is 15.9 Å². The van der Waals surface area contributed by atoms with Crippen LogP contribution in [0.1, 0.15) is 25.6 Å². The van der Waals surface area contributed by atoms with E-state index >= 15 is 0 Å². The fourth-order valence-corrected chi connectivity index (χ4v) is 1.26. The van der Waals surface area contributed by atoms with Gasteiger partial charge in [0.1, 0.15) is 5.75 Å². The number of halogens is 1. The summed E-state index contributed by atoms with van der Waals surface area (Å²) in [5.41, 5.74) is 0.617. The van der Waals surface area contributed by atoms with Crippen LogP contribution in [0.2, 0.25) is 0 Å². The molecule has 1 atom stereocenters. The molecule has 0 saturated carbocycles. The summed E-state index contributed by atoms with van der Waals surface area (Å²) in [4.78, 5) is 4.04. The summed E-state index contributed by atoms with van der Waals surface area (Å²) in [6, 6.07) is 1.73. The maximum atomic E-state index is 9.27. The Morgan fingerprint density at radius 3 is 2.92 bits per heavy atom. The second-order valence-electron chi connectivity index (χ2n) is 2.65. The molecule has 0 unspecified atom stereocenters. The fraction of sp³-hybridized carbons (Fsp3) is 0.444. The molecular formula is C9H12BrNO2. The fourth-order valence-electron chi connectivity index (χ4n) is 0.930. The lowest BCUT2D eigenvalue weighted by atomic mass is 10.2. The number of pyridine rings is 1. The normalized spacial score (nSPS) is 12.6. The summed E-state index contributed by atoms with van der Waals surface area (Å²) in [7, 11) is 0. The molecule has 13 heavy (non-hydrogen) atoms. The zero-order valence-corrected chi connectivity index (χ0v) is 9.21. The van der Waals surface area contributed by atoms with Crippen molar-refractivity contribution in [2.45, 2.75) is 20.0 Å². The van der Waals surface area contributed by atoms with Crippen molar-refractivity contribution in [1.82, 2.24) is 4.98 Å². The summed E-state index contributed by atoms with van der Waals surface area (Å²) >= 11 is 3.31. The summed E-state index contributed by atoms with van der Waals surface area (Å²) < 4.78 is 6.13. The van der Waals surface area contributed by atoms with Crippen LogP contribution in [0.4, 0.5) is 0 Å². The highest BCUT2D eigenvalue weighted by molar-refractivity contribution is 9.10. The van der Waals surface area contributed by atoms with Gasteiger partial charge in [-0.15, -0.1) is 0 Å². The smallest absolute Gasteiger partial charge is 0.136 e. The average molecular weight is 246 g/mol. The number of hydrogen-bond donors (Lipinski definition) is 1. The minimum Gasteiger partial charge on any atom is -0.493 e. The molecule has 0 fully saturated rings. The van der Waals surface area contributed by atoms with Gasteiger partial charge in [0.15, 0.2) is 0 Å². The van der Waals surface area contributed by atoms with Gasteiger partial charge in [-0.3, -0.25) is 4.98 Å². The Bertz CT molecular complexity index is 289. The minimum absolute atomic E-state index is 0.563. The van der Waals surface area contributed by atoms with Crippen molar-refractivity contribution in [2.75, 3.05) is 6.61 Å². The van der Waals surface area contributed by atoms with Crippen LogP contribution in [0.5, 0.6) is 5.75 Å². The maximum absolute atomic E-state index is 9.27. The highest BCUT2D eigenvalue weighted by Crippen LogP contribution is 2.26. The van der Waals surface area contributed by atoms with Crippen molar-refractivity contribution in [3.05, 3.63) is 22.4 Å². The monoisotopic (exact) mass is 245 g/mol. The number of ether oxygens (including phenoxy) is 1. The van der Waals surface area contributed by atoms with Crippen molar-refractivity contribution >= 4 is 15.9 Å². The molecule has 4 heteroatoms. The van der Waals surface area contributed by atoms with Crippen LogP contribution in [0.15, 0.2) is 16.7 Å². The molecule has 1 aromatic rings. The molecule has 0 aromatic carbocycles. The first kappa shape index (κ1) is 10.5. The van der Waals surface area contributed by atoms with Crippen molar-refractivity contribution in [3.63, 3.8) is 0 Å². The van der Waals surface area contributed by atoms with E-state index in [1.807, 2.05) is 6.92 Å². The highest BCUT2D eigenvalue weighted by Gasteiger charge is 2.07. The Morgan fingerprint density at radius 1 is 1.69 bits per heavy atom. The van der Waals surface area contributed by atoms with Gasteiger partial charge in [-0.05, 0) is 29.8 Å². The van der Waals surface area contributed by atoms with Gasteiger partial charge in [0.2, 0.25) is 0 Å². The third kappa shape index (κ3) is 2.67. The molecule has 1 N–H and O–H groups in total. The summed E-state index contributed by atoms with van der Waals surface area (Å²) in [5.74, 6) is 0.716. The van der Waals surface area contributed by atoms with E-state index in [0.717, 1.165) is 4.47 Å². The first-order chi connectivity index (χ1) is 6.15. The Hall–Kier alpha value is -0.610. The number of aliphatic hydroxyl groups is 1. The second-order valence-corrected chi connectivity index (χ2v) is 3.50. The quantitative estimate of drug-likeness (QED) is 0.889. The van der Waals surface area contributed by atoms with E-state index in [1.54, 1.807) is 19.2 Å². The SMILES string of the molecule is CCOc1cc([C@@H](C)O)ncc1Br. The number of nitrogens with zero attached hydrogens (tertiary/aromatic N) is 1. The predicted octanol–water partition coefficient (Wildman–Crippen LogP) is 2.30. The molecule has 0 amide bonds. The third-order valence-corrected chi connectivity index (χ3v) is 2.16. The van der Waals surface area contributed by atoms with Gasteiger partial charge in [0.25, 0.3) is 0 Å². The largest absolute Gasteiger partial charge is 0.493 e. The van der Waals surface area contributed by atoms with Gasteiger partial charge < -0.3 is 9.84 Å². The first-order valence-electron chi connectivity index (χ1n) is 4.11. The standard InChI is InChI=1S/C9H12BrNO2/c1-3-13-9-4-8(6(2)12)11-5-7(9)10/h4-6,12H,3H2,1-2H3/t6-/m1/s1. The Kier molecular flexibility index (Phi) is 3.69. The van der Waals surface area contributed by atoms with E-state index in [2.05, 4.69) is 20.9 Å². The predicted molar refractivity (Wildman–Crippen MR) is 53.7 cm³/mol. The van der Waals surface area contributed by atoms with Crippen molar-refractivity contribution < 1.29 is 9.84 Å². The lowest BCUT2D eigenvalue weighted by Gasteiger charge is -2.08. The van der Waals surface area contributed by atoms with Gasteiger partial charge in [-0.2, -0.15) is 0 Å². The highest BCUT2D eigenvalue weighted by atomic mass is 79.9. The molecule has 0 aliphatic heterocycles. The number of hydrogen-bond acceptors (Lipinski definition) is 3. The molecule has 72 valence electrons. The van der Waals surface area contributed by atoms with Gasteiger partial charge in [0.05, 0.1) is 22.9 Å². The van der Waals surface area contributed by atoms with Crippen LogP contribution in [-0.4, -0.2) is 16.7 Å². The second kappa shape index (κ2) is 4.58. The van der Waals surface area contributed by atoms with Gasteiger partial charge >= 0.3 is 0 Å². The lowest BCUT2D eigenvalue weighted by Crippen LogP contribution is -1.98. The average Bonchev–Trinajstić information content (AvgIpc) is 2.08. The molecule has 0 radical (unpaired) electrons. The van der Waals surface area contributed by atoms with Gasteiger partial charge in [-0.25, -0.2) is 0 Å². The van der Waals surface area contributed by atoms with E-state index in [4.69, 9.17) is 4.74 Å². The topological polar surface area (TPSA) is 42.4 Å². The van der Waals surface area contributed by atoms with E-state index in [0.29, 0.717) is 18.1 Å². The summed E-state index contributed by atoms with van der Waals surface area (Å²) in [6.07, 6.45) is 1.07. The van der Waals surface area contributed by atoms with Crippen LogP contribution in [0.25, 0.3) is 0 Å². The molecule has 1 aromatic heterocycles. The molecule has 0 saturated heterocycles. The molecule has 0 aliphatic rings. The van der Waals surface area contributed by atoms with Crippen molar-refractivity contribution in [3.8, 4) is 5.75 Å². The zero-order chi connectivity index (χ0) is 9.84. The van der Waals surface area contributed by atoms with Crippen LogP contribution < -0.4 is 4.74 Å². The van der Waals surface area contributed by atoms with Crippen molar-refractivity contribution in [1.29, 1.82) is 0 Å². The maximum Gasteiger partial charge on any atom is 0.136 e. The number of rotatable bonds is 3. The van der Waals surface area contributed by atoms with E-state index in [9.17, 15) is 5.11 Å². The Morgan fingerprint density at radius 2 is 2.38 bits per heavy atom. The molecular weight excluding hydrogens is 234 g/mol. The van der Waals surface area contributed by atoms with Crippen molar-refractivity contribution in [2.24, 2.45) is 0 Å². The molecule has 1 heterocycles. The summed E-state index contributed by atoms with van der Waals surface area (Å²) in [5, 5.41) is 9.27. The lowest BCUT2D eigenvalue weighted by molar-refractivity contribution is 0.193. The zero-order valence-electron chi connectivity index (χ0n) is 7.62. The molecule has 0 bridgehead atoms. The molecule has 1 rings (SSSR count). The Balaban J connectivity index is 2.97. The van der Waals surface area contributed by atoms with E-state index in [1.165, 1.54) is 0 Å².